The molecule has 0 spiro atoms. The summed E-state index contributed by atoms with van der Waals surface area (Å²) in [4.78, 5) is 33.3. The molecule has 4 aromatic rings. The monoisotopic (exact) mass is 548 g/mol. The molecule has 1 atom stereocenters. The Balaban J connectivity index is 1.45. The quantitative estimate of drug-likeness (QED) is 0.348. The molecule has 11 nitrogen and oxygen atoms in total. The maximum atomic E-state index is 13.7. The van der Waals surface area contributed by atoms with Gasteiger partial charge in [-0.05, 0) is 32.3 Å². The number of ether oxygens (including phenoxy) is 2. The number of pyridine rings is 1. The number of anilines is 1. The summed E-state index contributed by atoms with van der Waals surface area (Å²) in [6.07, 6.45) is 3.17. The van der Waals surface area contributed by atoms with Crippen molar-refractivity contribution in [2.45, 2.75) is 44.6 Å². The number of nitrogens with one attached hydrogen (secondary N) is 1. The van der Waals surface area contributed by atoms with Crippen LogP contribution in [0.5, 0.6) is 5.88 Å². The molecule has 1 saturated carbocycles. The number of aryl methyl sites for hydroxylation is 1. The van der Waals surface area contributed by atoms with Crippen LogP contribution in [0, 0.1) is 6.92 Å². The summed E-state index contributed by atoms with van der Waals surface area (Å²) in [5.41, 5.74) is -0.436. The molecule has 1 fully saturated rings. The van der Waals surface area contributed by atoms with Crippen molar-refractivity contribution in [3.05, 3.63) is 53.5 Å². The Hall–Kier alpha value is -3.91. The van der Waals surface area contributed by atoms with Gasteiger partial charge in [0.05, 0.1) is 42.0 Å². The third kappa shape index (κ3) is 5.50. The highest BCUT2D eigenvalue weighted by Gasteiger charge is 2.36. The highest BCUT2D eigenvalue weighted by Crippen LogP contribution is 2.35. The lowest BCUT2D eigenvalue weighted by atomic mass is 9.96. The normalized spacial score (nSPS) is 14.8. The molecular formula is C23H20ClF3N8O3. The minimum atomic E-state index is -4.75. The topological polar surface area (TPSA) is 130 Å². The molecule has 5 rings (SSSR count). The lowest BCUT2D eigenvalue weighted by molar-refractivity contribution is -0.137. The van der Waals surface area contributed by atoms with Gasteiger partial charge in [-0.1, -0.05) is 11.6 Å². The maximum Gasteiger partial charge on any atom is 0.420 e. The Kier molecular flexibility index (Phi) is 7.08. The number of aromatic nitrogens is 7. The molecule has 0 unspecified atom stereocenters. The number of carbonyl (C=O) groups excluding carboxylic acids is 1. The van der Waals surface area contributed by atoms with Gasteiger partial charge in [-0.15, -0.1) is 0 Å². The van der Waals surface area contributed by atoms with Gasteiger partial charge in [0.25, 0.3) is 5.91 Å². The lowest BCUT2D eigenvalue weighted by Gasteiger charge is -2.27. The summed E-state index contributed by atoms with van der Waals surface area (Å²) >= 11 is 5.75. The molecule has 4 heterocycles. The zero-order valence-corrected chi connectivity index (χ0v) is 20.6. The van der Waals surface area contributed by atoms with Crippen LogP contribution in [0.15, 0.2) is 37.2 Å². The van der Waals surface area contributed by atoms with E-state index in [-0.39, 0.29) is 40.5 Å². The Morgan fingerprint density at radius 2 is 1.97 bits per heavy atom. The minimum absolute atomic E-state index is 0.0120. The first-order chi connectivity index (χ1) is 18.2. The fraction of sp³-hybridized carbons (Fsp3) is 0.348. The molecule has 198 valence electrons. The number of amides is 1. The SMILES string of the molecule is Cc1cnc(NC(=O)[C@H](COC2CCC2)Oc2ncnc3c2cnn3-c2ncc(Cl)cc2C(F)(F)F)cn1. The molecule has 4 aromatic heterocycles. The van der Waals surface area contributed by atoms with Gasteiger partial charge in [0, 0.05) is 6.20 Å². The Labute approximate surface area is 218 Å². The first-order valence-corrected chi connectivity index (χ1v) is 11.9. The fourth-order valence-corrected chi connectivity index (χ4v) is 3.76. The van der Waals surface area contributed by atoms with Crippen LogP contribution in [0.1, 0.15) is 30.5 Å². The van der Waals surface area contributed by atoms with Crippen molar-refractivity contribution in [3.63, 3.8) is 0 Å². The van der Waals surface area contributed by atoms with E-state index >= 15 is 0 Å². The van der Waals surface area contributed by atoms with Gasteiger partial charge in [-0.25, -0.2) is 19.9 Å². The summed E-state index contributed by atoms with van der Waals surface area (Å²) in [5, 5.41) is 6.64. The molecule has 1 aliphatic rings. The Morgan fingerprint density at radius 1 is 1.16 bits per heavy atom. The molecule has 0 radical (unpaired) electrons. The van der Waals surface area contributed by atoms with Crippen molar-refractivity contribution in [3.8, 4) is 11.7 Å². The van der Waals surface area contributed by atoms with Gasteiger partial charge in [0.15, 0.2) is 17.3 Å². The average Bonchev–Trinajstić information content (AvgIpc) is 3.28. The number of rotatable bonds is 8. The summed E-state index contributed by atoms with van der Waals surface area (Å²) in [5.74, 6) is -0.953. The van der Waals surface area contributed by atoms with E-state index in [9.17, 15) is 18.0 Å². The van der Waals surface area contributed by atoms with E-state index in [1.54, 1.807) is 6.92 Å². The molecule has 0 aromatic carbocycles. The van der Waals surface area contributed by atoms with Crippen molar-refractivity contribution in [2.24, 2.45) is 0 Å². The summed E-state index contributed by atoms with van der Waals surface area (Å²) in [6.45, 7) is 1.67. The van der Waals surface area contributed by atoms with E-state index in [0.29, 0.717) is 5.69 Å². The number of hydrogen-bond acceptors (Lipinski definition) is 9. The van der Waals surface area contributed by atoms with E-state index in [2.05, 4.69) is 35.3 Å². The Bertz CT molecular complexity index is 1460. The first kappa shape index (κ1) is 25.7. The van der Waals surface area contributed by atoms with Crippen molar-refractivity contribution in [1.82, 2.24) is 34.7 Å². The smallest absolute Gasteiger partial charge is 0.420 e. The van der Waals surface area contributed by atoms with Gasteiger partial charge in [0.2, 0.25) is 12.0 Å². The predicted molar refractivity (Wildman–Crippen MR) is 128 cm³/mol. The third-order valence-corrected chi connectivity index (χ3v) is 5.99. The van der Waals surface area contributed by atoms with E-state index in [0.717, 1.165) is 42.5 Å². The molecule has 0 aliphatic heterocycles. The lowest BCUT2D eigenvalue weighted by Crippen LogP contribution is -2.39. The molecular weight excluding hydrogens is 529 g/mol. The van der Waals surface area contributed by atoms with Crippen molar-refractivity contribution in [1.29, 1.82) is 0 Å². The maximum absolute atomic E-state index is 13.7. The average molecular weight is 549 g/mol. The molecule has 1 N–H and O–H groups in total. The summed E-state index contributed by atoms with van der Waals surface area (Å²) in [6, 6.07) is 0.752. The summed E-state index contributed by atoms with van der Waals surface area (Å²) < 4.78 is 53.7. The standard InChI is InChI=1S/C23H20ClF3N8O3/c1-12-6-29-18(9-28-12)34-21(36)17(10-37-14-3-2-4-14)38-22-15-8-33-35(19(15)31-11-32-22)20-16(23(25,26)27)5-13(24)7-30-20/h5-9,11,14,17H,2-4,10H2,1H3,(H,29,34,36)/t17-/m0/s1. The van der Waals surface area contributed by atoms with E-state index in [1.165, 1.54) is 18.6 Å². The number of alkyl halides is 3. The highest BCUT2D eigenvalue weighted by molar-refractivity contribution is 6.30. The minimum Gasteiger partial charge on any atom is -0.461 e. The molecule has 0 bridgehead atoms. The van der Waals surface area contributed by atoms with Gasteiger partial charge in [-0.3, -0.25) is 9.78 Å². The molecule has 15 heteroatoms. The van der Waals surface area contributed by atoms with E-state index in [1.807, 2.05) is 0 Å². The summed E-state index contributed by atoms with van der Waals surface area (Å²) in [7, 11) is 0. The second-order valence-corrected chi connectivity index (χ2v) is 8.96. The molecule has 0 saturated heterocycles. The first-order valence-electron chi connectivity index (χ1n) is 11.5. The van der Waals surface area contributed by atoms with Crippen LogP contribution in [-0.2, 0) is 15.7 Å². The number of halogens is 4. The van der Waals surface area contributed by atoms with Crippen LogP contribution in [0.3, 0.4) is 0 Å². The van der Waals surface area contributed by atoms with Crippen molar-refractivity contribution < 1.29 is 27.4 Å². The Morgan fingerprint density at radius 3 is 2.66 bits per heavy atom. The molecule has 1 amide bonds. The zero-order valence-electron chi connectivity index (χ0n) is 19.8. The second-order valence-electron chi connectivity index (χ2n) is 8.52. The van der Waals surface area contributed by atoms with Gasteiger partial charge in [-0.2, -0.15) is 23.0 Å². The van der Waals surface area contributed by atoms with Crippen LogP contribution in [0.4, 0.5) is 19.0 Å². The molecule has 38 heavy (non-hydrogen) atoms. The predicted octanol–water partition coefficient (Wildman–Crippen LogP) is 3.94. The second kappa shape index (κ2) is 10.5. The largest absolute Gasteiger partial charge is 0.461 e. The van der Waals surface area contributed by atoms with E-state index in [4.69, 9.17) is 21.1 Å². The van der Waals surface area contributed by atoms with Crippen LogP contribution < -0.4 is 10.1 Å². The van der Waals surface area contributed by atoms with Crippen molar-refractivity contribution in [2.75, 3.05) is 11.9 Å². The van der Waals surface area contributed by atoms with Crippen LogP contribution >= 0.6 is 11.6 Å². The van der Waals surface area contributed by atoms with Crippen LogP contribution in [0.25, 0.3) is 16.9 Å². The van der Waals surface area contributed by atoms with Gasteiger partial charge >= 0.3 is 6.18 Å². The van der Waals surface area contributed by atoms with Gasteiger partial charge in [0.1, 0.15) is 17.3 Å². The van der Waals surface area contributed by atoms with Crippen LogP contribution in [-0.4, -0.2) is 59.4 Å². The number of nitrogens with zero attached hydrogens (tertiary/aromatic N) is 7. The fourth-order valence-electron chi connectivity index (χ4n) is 3.60. The van der Waals surface area contributed by atoms with Crippen molar-refractivity contribution >= 4 is 34.4 Å². The van der Waals surface area contributed by atoms with E-state index < -0.39 is 29.6 Å². The number of fused-ring (bicyclic) bond motifs is 1. The van der Waals surface area contributed by atoms with Gasteiger partial charge < -0.3 is 14.8 Å². The molecule has 1 aliphatic carbocycles. The number of hydrogen-bond donors (Lipinski definition) is 1. The number of carbonyl (C=O) groups is 1. The zero-order chi connectivity index (χ0) is 26.9. The van der Waals surface area contributed by atoms with Crippen LogP contribution in [0.2, 0.25) is 5.02 Å². The third-order valence-electron chi connectivity index (χ3n) is 5.78. The highest BCUT2D eigenvalue weighted by atomic mass is 35.5.